The van der Waals surface area contributed by atoms with Crippen LogP contribution in [0.2, 0.25) is 0 Å². The van der Waals surface area contributed by atoms with E-state index in [-0.39, 0.29) is 11.8 Å². The number of fused-ring (bicyclic) bond motifs is 1. The van der Waals surface area contributed by atoms with Crippen LogP contribution >= 0.6 is 0 Å². The van der Waals surface area contributed by atoms with Gasteiger partial charge in [-0.3, -0.25) is 4.79 Å². The van der Waals surface area contributed by atoms with Crippen molar-refractivity contribution in [3.63, 3.8) is 0 Å². The predicted molar refractivity (Wildman–Crippen MR) is 112 cm³/mol. The van der Waals surface area contributed by atoms with E-state index in [2.05, 4.69) is 27.4 Å². The average molecular weight is 402 g/mol. The number of anilines is 1. The summed E-state index contributed by atoms with van der Waals surface area (Å²) in [6.07, 6.45) is 1.36. The molecule has 1 atom stereocenters. The van der Waals surface area contributed by atoms with Crippen LogP contribution in [0.1, 0.15) is 37.1 Å². The van der Waals surface area contributed by atoms with Crippen LogP contribution in [0.4, 0.5) is 5.69 Å². The van der Waals surface area contributed by atoms with Crippen LogP contribution in [0.5, 0.6) is 0 Å². The topological polar surface area (TPSA) is 89.9 Å². The van der Waals surface area contributed by atoms with E-state index < -0.39 is 0 Å². The van der Waals surface area contributed by atoms with Crippen LogP contribution in [-0.4, -0.2) is 37.6 Å². The van der Waals surface area contributed by atoms with Crippen molar-refractivity contribution in [1.29, 1.82) is 0 Å². The highest BCUT2D eigenvalue weighted by Gasteiger charge is 2.35. The molecule has 8 nitrogen and oxygen atoms in total. The van der Waals surface area contributed by atoms with Crippen LogP contribution in [-0.2, 0) is 11.3 Å². The van der Waals surface area contributed by atoms with E-state index in [9.17, 15) is 4.79 Å². The molecular weight excluding hydrogens is 380 g/mol. The van der Waals surface area contributed by atoms with Gasteiger partial charge in [-0.15, -0.1) is 5.10 Å². The number of nitrogens with zero attached hydrogens (tertiary/aromatic N) is 6. The highest BCUT2D eigenvalue weighted by molar-refractivity contribution is 5.96. The molecule has 0 aliphatic carbocycles. The summed E-state index contributed by atoms with van der Waals surface area (Å²) in [5, 5.41) is 12.6. The fourth-order valence-electron chi connectivity index (χ4n) is 3.85. The normalized spacial score (nSPS) is 16.7. The van der Waals surface area contributed by atoms with E-state index in [0.717, 1.165) is 40.8 Å². The lowest BCUT2D eigenvalue weighted by molar-refractivity contribution is -0.117. The molecule has 0 radical (unpaired) electrons. The maximum atomic E-state index is 12.5. The Kier molecular flexibility index (Phi) is 4.54. The predicted octanol–water partition coefficient (Wildman–Crippen LogP) is 3.72. The highest BCUT2D eigenvalue weighted by Crippen LogP contribution is 2.32. The maximum Gasteiger partial charge on any atom is 0.232 e. The molecule has 30 heavy (non-hydrogen) atoms. The summed E-state index contributed by atoms with van der Waals surface area (Å²) < 4.78 is 7.42. The first-order chi connectivity index (χ1) is 14.6. The van der Waals surface area contributed by atoms with E-state index in [0.29, 0.717) is 24.7 Å². The molecule has 5 rings (SSSR count). The first-order valence-corrected chi connectivity index (χ1v) is 10.2. The molecular formula is C22H22N6O2. The molecule has 0 bridgehead atoms. The van der Waals surface area contributed by atoms with Gasteiger partial charge in [0.2, 0.25) is 17.6 Å². The largest absolute Gasteiger partial charge is 0.339 e. The van der Waals surface area contributed by atoms with E-state index in [4.69, 9.17) is 4.52 Å². The molecule has 0 saturated carbocycles. The van der Waals surface area contributed by atoms with Gasteiger partial charge in [0.25, 0.3) is 0 Å². The second-order valence-corrected chi connectivity index (χ2v) is 7.71. The average Bonchev–Trinajstić information content (AvgIpc) is 3.47. The second-order valence-electron chi connectivity index (χ2n) is 7.71. The lowest BCUT2D eigenvalue weighted by atomic mass is 10.1. The third-order valence-corrected chi connectivity index (χ3v) is 5.47. The van der Waals surface area contributed by atoms with Gasteiger partial charge in [0.05, 0.1) is 11.4 Å². The van der Waals surface area contributed by atoms with Crippen molar-refractivity contribution in [1.82, 2.24) is 25.1 Å². The van der Waals surface area contributed by atoms with Gasteiger partial charge >= 0.3 is 0 Å². The monoisotopic (exact) mass is 402 g/mol. The number of carbonyl (C=O) groups is 1. The lowest BCUT2D eigenvalue weighted by Gasteiger charge is -2.16. The molecule has 4 aromatic rings. The molecule has 8 heteroatoms. The number of hydrogen-bond donors (Lipinski definition) is 0. The molecule has 2 aromatic heterocycles. The summed E-state index contributed by atoms with van der Waals surface area (Å²) in [6.45, 7) is 5.50. The summed E-state index contributed by atoms with van der Waals surface area (Å²) in [6, 6.07) is 13.8. The Balaban J connectivity index is 1.37. The van der Waals surface area contributed by atoms with E-state index in [1.807, 2.05) is 54.1 Å². The van der Waals surface area contributed by atoms with Crippen molar-refractivity contribution in [2.45, 2.75) is 39.2 Å². The van der Waals surface area contributed by atoms with Gasteiger partial charge in [-0.05, 0) is 43.7 Å². The summed E-state index contributed by atoms with van der Waals surface area (Å²) >= 11 is 0. The molecule has 1 amide bonds. The Hall–Kier alpha value is -3.55. The van der Waals surface area contributed by atoms with Crippen molar-refractivity contribution >= 4 is 22.6 Å². The molecule has 1 aliphatic heterocycles. The van der Waals surface area contributed by atoms with Crippen molar-refractivity contribution in [3.8, 4) is 11.4 Å². The van der Waals surface area contributed by atoms with Crippen LogP contribution in [0.3, 0.4) is 0 Å². The Labute approximate surface area is 173 Å². The number of benzene rings is 2. The minimum absolute atomic E-state index is 0.0672. The third-order valence-electron chi connectivity index (χ3n) is 5.47. The third kappa shape index (κ3) is 3.24. The fraction of sp³-hybridized carbons (Fsp3) is 0.318. The van der Waals surface area contributed by atoms with E-state index in [1.165, 1.54) is 0 Å². The minimum Gasteiger partial charge on any atom is -0.339 e. The smallest absolute Gasteiger partial charge is 0.232 e. The molecule has 152 valence electrons. The lowest BCUT2D eigenvalue weighted by Crippen LogP contribution is -2.24. The molecule has 3 heterocycles. The number of carbonyl (C=O) groups excluding carboxylic acids is 1. The summed E-state index contributed by atoms with van der Waals surface area (Å²) in [5.41, 5.74) is 4.66. The number of aromatic nitrogens is 5. The molecule has 0 N–H and O–H groups in total. The molecule has 1 saturated heterocycles. The molecule has 0 spiro atoms. The summed E-state index contributed by atoms with van der Waals surface area (Å²) in [5.74, 6) is 0.938. The van der Waals surface area contributed by atoms with Crippen LogP contribution < -0.4 is 4.90 Å². The van der Waals surface area contributed by atoms with Gasteiger partial charge in [-0.25, -0.2) is 4.68 Å². The van der Waals surface area contributed by atoms with Gasteiger partial charge in [0.1, 0.15) is 5.52 Å². The molecule has 1 aliphatic rings. The Morgan fingerprint density at radius 2 is 2.00 bits per heavy atom. The van der Waals surface area contributed by atoms with Crippen LogP contribution in [0.15, 0.2) is 47.0 Å². The number of amides is 1. The van der Waals surface area contributed by atoms with Crippen molar-refractivity contribution in [2.24, 2.45) is 0 Å². The summed E-state index contributed by atoms with van der Waals surface area (Å²) in [7, 11) is 0. The van der Waals surface area contributed by atoms with Crippen molar-refractivity contribution in [3.05, 3.63) is 53.9 Å². The zero-order valence-corrected chi connectivity index (χ0v) is 16.9. The quantitative estimate of drug-likeness (QED) is 0.505. The first kappa shape index (κ1) is 18.5. The maximum absolute atomic E-state index is 12.5. The first-order valence-electron chi connectivity index (χ1n) is 10.2. The van der Waals surface area contributed by atoms with Gasteiger partial charge in [0, 0.05) is 30.8 Å². The van der Waals surface area contributed by atoms with Crippen LogP contribution in [0, 0.1) is 6.92 Å². The number of hydrogen-bond acceptors (Lipinski definition) is 6. The zero-order valence-electron chi connectivity index (χ0n) is 16.9. The van der Waals surface area contributed by atoms with Gasteiger partial charge < -0.3 is 9.42 Å². The SMILES string of the molecule is CCCn1nnc2cc(-c3noc([C@H]4CC(=O)N(c5ccc(C)cc5)C4)n3)ccc21. The van der Waals surface area contributed by atoms with E-state index >= 15 is 0 Å². The van der Waals surface area contributed by atoms with E-state index in [1.54, 1.807) is 4.90 Å². The fourth-order valence-corrected chi connectivity index (χ4v) is 3.85. The van der Waals surface area contributed by atoms with Crippen molar-refractivity contribution < 1.29 is 9.32 Å². The Morgan fingerprint density at radius 1 is 1.17 bits per heavy atom. The Morgan fingerprint density at radius 3 is 2.80 bits per heavy atom. The second kappa shape index (κ2) is 7.37. The standard InChI is InChI=1S/C22H22N6O2/c1-3-10-28-19-9-6-15(11-18(19)24-26-28)21-23-22(30-25-21)16-12-20(29)27(13-16)17-7-4-14(2)5-8-17/h4-9,11,16H,3,10,12-13H2,1-2H3/t16-/m0/s1. The van der Waals surface area contributed by atoms with Gasteiger partial charge in [-0.1, -0.05) is 35.0 Å². The summed E-state index contributed by atoms with van der Waals surface area (Å²) in [4.78, 5) is 18.9. The molecule has 2 aromatic carbocycles. The minimum atomic E-state index is -0.116. The Bertz CT molecular complexity index is 1210. The molecule has 1 fully saturated rings. The van der Waals surface area contributed by atoms with Crippen LogP contribution in [0.25, 0.3) is 22.4 Å². The highest BCUT2D eigenvalue weighted by atomic mass is 16.5. The molecule has 0 unspecified atom stereocenters. The van der Waals surface area contributed by atoms with Gasteiger partial charge in [0.15, 0.2) is 0 Å². The van der Waals surface area contributed by atoms with Crippen molar-refractivity contribution in [2.75, 3.05) is 11.4 Å². The zero-order chi connectivity index (χ0) is 20.7. The van der Waals surface area contributed by atoms with Gasteiger partial charge in [-0.2, -0.15) is 4.98 Å². The number of aryl methyl sites for hydroxylation is 2. The number of rotatable bonds is 5.